The number of nitrogens with one attached hydrogen (secondary N) is 1. The third-order valence-electron chi connectivity index (χ3n) is 5.11. The quantitative estimate of drug-likeness (QED) is 0.604. The van der Waals surface area contributed by atoms with Crippen molar-refractivity contribution in [1.29, 1.82) is 0 Å². The minimum atomic E-state index is -3.81. The summed E-state index contributed by atoms with van der Waals surface area (Å²) in [5, 5.41) is 0. The fourth-order valence-corrected chi connectivity index (χ4v) is 4.44. The van der Waals surface area contributed by atoms with E-state index in [9.17, 15) is 13.2 Å². The number of methoxy groups -OCH3 is 2. The van der Waals surface area contributed by atoms with Crippen LogP contribution in [0.1, 0.15) is 25.0 Å². The standard InChI is InChI=1S/C23H32N2O5S/c1-16(2)22(24-31(27,28)19-10-7-17(3)8-11-19)23(26)25(4)14-13-18-9-12-20(29-5)21(15-18)30-6/h7-12,15-16,22,24H,13-14H2,1-6H3. The van der Waals surface area contributed by atoms with Gasteiger partial charge < -0.3 is 14.4 Å². The van der Waals surface area contributed by atoms with Crippen LogP contribution in [0, 0.1) is 12.8 Å². The Kier molecular flexibility index (Phi) is 8.47. The van der Waals surface area contributed by atoms with Crippen molar-refractivity contribution in [3.8, 4) is 11.5 Å². The highest BCUT2D eigenvalue weighted by atomic mass is 32.2. The Morgan fingerprint density at radius 3 is 2.19 bits per heavy atom. The molecule has 1 amide bonds. The van der Waals surface area contributed by atoms with Crippen LogP contribution in [0.4, 0.5) is 0 Å². The molecule has 2 aromatic rings. The largest absolute Gasteiger partial charge is 0.493 e. The maximum absolute atomic E-state index is 13.0. The first-order valence-electron chi connectivity index (χ1n) is 10.1. The SMILES string of the molecule is COc1ccc(CCN(C)C(=O)C(NS(=O)(=O)c2ccc(C)cc2)C(C)C)cc1OC. The molecule has 1 atom stereocenters. The molecule has 0 aliphatic heterocycles. The second-order valence-electron chi connectivity index (χ2n) is 7.86. The van der Waals surface area contributed by atoms with Gasteiger partial charge in [0.1, 0.15) is 6.04 Å². The monoisotopic (exact) mass is 448 g/mol. The van der Waals surface area contributed by atoms with Gasteiger partial charge in [0.25, 0.3) is 0 Å². The van der Waals surface area contributed by atoms with Crippen molar-refractivity contribution in [1.82, 2.24) is 9.62 Å². The lowest BCUT2D eigenvalue weighted by atomic mass is 10.0. The molecule has 0 fully saturated rings. The molecule has 2 rings (SSSR count). The van der Waals surface area contributed by atoms with Gasteiger partial charge in [0.15, 0.2) is 11.5 Å². The summed E-state index contributed by atoms with van der Waals surface area (Å²) >= 11 is 0. The molecule has 1 unspecified atom stereocenters. The van der Waals surface area contributed by atoms with Crippen LogP contribution < -0.4 is 14.2 Å². The Hall–Kier alpha value is -2.58. The molecule has 0 heterocycles. The van der Waals surface area contributed by atoms with Crippen LogP contribution in [-0.4, -0.2) is 53.1 Å². The number of nitrogens with zero attached hydrogens (tertiary/aromatic N) is 1. The lowest BCUT2D eigenvalue weighted by Gasteiger charge is -2.27. The summed E-state index contributed by atoms with van der Waals surface area (Å²) in [6.45, 7) is 5.96. The van der Waals surface area contributed by atoms with Crippen LogP contribution in [0.25, 0.3) is 0 Å². The zero-order valence-electron chi connectivity index (χ0n) is 19.0. The first kappa shape index (κ1) is 24.7. The van der Waals surface area contributed by atoms with Crippen LogP contribution in [0.3, 0.4) is 0 Å². The van der Waals surface area contributed by atoms with E-state index in [4.69, 9.17) is 9.47 Å². The predicted molar refractivity (Wildman–Crippen MR) is 121 cm³/mol. The van der Waals surface area contributed by atoms with Gasteiger partial charge in [0.2, 0.25) is 15.9 Å². The first-order chi connectivity index (χ1) is 14.6. The zero-order valence-corrected chi connectivity index (χ0v) is 19.8. The van der Waals surface area contributed by atoms with E-state index in [-0.39, 0.29) is 16.7 Å². The number of aryl methyl sites for hydroxylation is 1. The summed E-state index contributed by atoms with van der Waals surface area (Å²) < 4.78 is 38.7. The van der Waals surface area contributed by atoms with Crippen molar-refractivity contribution < 1.29 is 22.7 Å². The summed E-state index contributed by atoms with van der Waals surface area (Å²) in [4.78, 5) is 14.7. The van der Waals surface area contributed by atoms with E-state index in [1.54, 1.807) is 50.4 Å². The lowest BCUT2D eigenvalue weighted by molar-refractivity contribution is -0.132. The van der Waals surface area contributed by atoms with Gasteiger partial charge in [0, 0.05) is 13.6 Å². The average Bonchev–Trinajstić information content (AvgIpc) is 2.75. The molecular weight excluding hydrogens is 416 g/mol. The number of carbonyl (C=O) groups excluding carboxylic acids is 1. The van der Waals surface area contributed by atoms with E-state index in [1.807, 2.05) is 39.0 Å². The second-order valence-corrected chi connectivity index (χ2v) is 9.57. The lowest BCUT2D eigenvalue weighted by Crippen LogP contribution is -2.50. The highest BCUT2D eigenvalue weighted by Crippen LogP contribution is 2.27. The molecule has 7 nitrogen and oxygen atoms in total. The smallest absolute Gasteiger partial charge is 0.241 e. The molecule has 0 spiro atoms. The number of rotatable bonds is 10. The molecule has 0 bridgehead atoms. The molecule has 0 saturated heterocycles. The number of ether oxygens (including phenoxy) is 2. The molecule has 1 N–H and O–H groups in total. The Balaban J connectivity index is 2.09. The second kappa shape index (κ2) is 10.6. The van der Waals surface area contributed by atoms with Crippen LogP contribution in [0.2, 0.25) is 0 Å². The molecule has 0 aromatic heterocycles. The van der Waals surface area contributed by atoms with E-state index < -0.39 is 16.1 Å². The first-order valence-corrected chi connectivity index (χ1v) is 11.6. The summed E-state index contributed by atoms with van der Waals surface area (Å²) in [5.41, 5.74) is 1.95. The zero-order chi connectivity index (χ0) is 23.2. The van der Waals surface area contributed by atoms with Gasteiger partial charge in [-0.2, -0.15) is 4.72 Å². The van der Waals surface area contributed by atoms with Gasteiger partial charge in [0.05, 0.1) is 19.1 Å². The fourth-order valence-electron chi connectivity index (χ4n) is 3.10. The maximum Gasteiger partial charge on any atom is 0.241 e. The van der Waals surface area contributed by atoms with E-state index >= 15 is 0 Å². The van der Waals surface area contributed by atoms with E-state index in [0.29, 0.717) is 24.5 Å². The predicted octanol–water partition coefficient (Wildman–Crippen LogP) is 3.02. The van der Waals surface area contributed by atoms with Gasteiger partial charge in [-0.15, -0.1) is 0 Å². The van der Waals surface area contributed by atoms with Crippen molar-refractivity contribution in [2.45, 2.75) is 38.1 Å². The Labute approximate surface area is 185 Å². The molecule has 0 saturated carbocycles. The minimum Gasteiger partial charge on any atom is -0.493 e. The van der Waals surface area contributed by atoms with Crippen molar-refractivity contribution in [3.05, 3.63) is 53.6 Å². The van der Waals surface area contributed by atoms with Gasteiger partial charge >= 0.3 is 0 Å². The van der Waals surface area contributed by atoms with Crippen LogP contribution in [-0.2, 0) is 21.2 Å². The number of amides is 1. The molecule has 31 heavy (non-hydrogen) atoms. The number of carbonyl (C=O) groups is 1. The van der Waals surface area contributed by atoms with Crippen LogP contribution >= 0.6 is 0 Å². The highest BCUT2D eigenvalue weighted by molar-refractivity contribution is 7.89. The molecule has 0 aliphatic carbocycles. The summed E-state index contributed by atoms with van der Waals surface area (Å²) in [6, 6.07) is 11.3. The van der Waals surface area contributed by atoms with Crippen molar-refractivity contribution in [2.24, 2.45) is 5.92 Å². The highest BCUT2D eigenvalue weighted by Gasteiger charge is 2.30. The number of sulfonamides is 1. The van der Waals surface area contributed by atoms with E-state index in [0.717, 1.165) is 11.1 Å². The number of hydrogen-bond donors (Lipinski definition) is 1. The summed E-state index contributed by atoms with van der Waals surface area (Å²) in [6.07, 6.45) is 0.595. The summed E-state index contributed by atoms with van der Waals surface area (Å²) in [7, 11) is 1.02. The molecule has 170 valence electrons. The topological polar surface area (TPSA) is 84.9 Å². The average molecular weight is 449 g/mol. The Morgan fingerprint density at radius 2 is 1.65 bits per heavy atom. The van der Waals surface area contributed by atoms with Crippen LogP contribution in [0.5, 0.6) is 11.5 Å². The van der Waals surface area contributed by atoms with E-state index in [1.165, 1.54) is 0 Å². The van der Waals surface area contributed by atoms with E-state index in [2.05, 4.69) is 4.72 Å². The third-order valence-corrected chi connectivity index (χ3v) is 6.56. The number of benzene rings is 2. The van der Waals surface area contributed by atoms with Gasteiger partial charge in [-0.05, 0) is 49.1 Å². The number of likely N-dealkylation sites (N-methyl/N-ethyl adjacent to an activating group) is 1. The Bertz CT molecular complexity index is 988. The molecule has 0 radical (unpaired) electrons. The van der Waals surface area contributed by atoms with Gasteiger partial charge in [-0.3, -0.25) is 4.79 Å². The van der Waals surface area contributed by atoms with Crippen molar-refractivity contribution in [2.75, 3.05) is 27.8 Å². The number of hydrogen-bond acceptors (Lipinski definition) is 5. The molecule has 8 heteroatoms. The third kappa shape index (κ3) is 6.45. The normalized spacial score (nSPS) is 12.5. The van der Waals surface area contributed by atoms with Gasteiger partial charge in [-0.1, -0.05) is 37.6 Å². The molecular formula is C23H32N2O5S. The minimum absolute atomic E-state index is 0.143. The van der Waals surface area contributed by atoms with Crippen molar-refractivity contribution >= 4 is 15.9 Å². The fraction of sp³-hybridized carbons (Fsp3) is 0.435. The Morgan fingerprint density at radius 1 is 1.03 bits per heavy atom. The van der Waals surface area contributed by atoms with Crippen molar-refractivity contribution in [3.63, 3.8) is 0 Å². The molecule has 0 aliphatic rings. The summed E-state index contributed by atoms with van der Waals surface area (Å²) in [5.74, 6) is 0.781. The molecule has 2 aromatic carbocycles. The maximum atomic E-state index is 13.0. The van der Waals surface area contributed by atoms with Crippen LogP contribution in [0.15, 0.2) is 47.4 Å². The van der Waals surface area contributed by atoms with Gasteiger partial charge in [-0.25, -0.2) is 8.42 Å².